The third-order valence-electron chi connectivity index (χ3n) is 4.64. The molecule has 0 bridgehead atoms. The Morgan fingerprint density at radius 1 is 1.00 bits per heavy atom. The van der Waals surface area contributed by atoms with Crippen LogP contribution < -0.4 is 0 Å². The predicted molar refractivity (Wildman–Crippen MR) is 102 cm³/mol. The van der Waals surface area contributed by atoms with E-state index in [1.807, 2.05) is 6.07 Å². The number of rotatable bonds is 2. The highest BCUT2D eigenvalue weighted by molar-refractivity contribution is 6.10. The summed E-state index contributed by atoms with van der Waals surface area (Å²) < 4.78 is 43.6. The van der Waals surface area contributed by atoms with Crippen LogP contribution in [-0.2, 0) is 23.9 Å². The van der Waals surface area contributed by atoms with Gasteiger partial charge in [0, 0.05) is 24.2 Å². The lowest BCUT2D eigenvalue weighted by Crippen LogP contribution is -2.40. The van der Waals surface area contributed by atoms with Crippen molar-refractivity contribution >= 4 is 11.9 Å². The topological polar surface area (TPSA) is 46.6 Å². The molecule has 0 atom stereocenters. The Balaban J connectivity index is 1.83. The van der Waals surface area contributed by atoms with Gasteiger partial charge in [0.15, 0.2) is 5.78 Å². The number of carbonyl (C=O) groups excluding carboxylic acids is 2. The van der Waals surface area contributed by atoms with Crippen molar-refractivity contribution in [3.05, 3.63) is 70.3 Å². The van der Waals surface area contributed by atoms with E-state index in [0.29, 0.717) is 25.1 Å². The summed E-state index contributed by atoms with van der Waals surface area (Å²) in [5.74, 6) is -0.332. The van der Waals surface area contributed by atoms with Gasteiger partial charge in [-0.15, -0.1) is 0 Å². The minimum absolute atomic E-state index is 0.195. The number of nitrogens with zero attached hydrogens (tertiary/aromatic N) is 1. The summed E-state index contributed by atoms with van der Waals surface area (Å²) in [5.41, 5.74) is 0.902. The summed E-state index contributed by atoms with van der Waals surface area (Å²) in [6.07, 6.45) is -4.39. The molecule has 0 saturated heterocycles. The number of amides is 1. The molecule has 0 unspecified atom stereocenters. The number of benzene rings is 2. The number of carbonyl (C=O) groups is 2. The number of ketones is 1. The smallest absolute Gasteiger partial charge is 0.416 e. The van der Waals surface area contributed by atoms with E-state index >= 15 is 0 Å². The first-order chi connectivity index (χ1) is 13.5. The predicted octanol–water partition coefficient (Wildman–Crippen LogP) is 5.23. The first-order valence-electron chi connectivity index (χ1n) is 9.26. The van der Waals surface area contributed by atoms with Crippen LogP contribution in [0.4, 0.5) is 18.0 Å². The van der Waals surface area contributed by atoms with Gasteiger partial charge in [0.25, 0.3) is 0 Å². The molecule has 0 saturated carbocycles. The van der Waals surface area contributed by atoms with Crippen molar-refractivity contribution in [1.29, 1.82) is 0 Å². The zero-order valence-electron chi connectivity index (χ0n) is 16.5. The zero-order valence-corrected chi connectivity index (χ0v) is 16.5. The fourth-order valence-electron chi connectivity index (χ4n) is 3.27. The van der Waals surface area contributed by atoms with Gasteiger partial charge in [0.1, 0.15) is 5.60 Å². The van der Waals surface area contributed by atoms with Crippen LogP contribution in [0.25, 0.3) is 0 Å². The molecule has 29 heavy (non-hydrogen) atoms. The van der Waals surface area contributed by atoms with Gasteiger partial charge >= 0.3 is 12.3 Å². The number of hydrogen-bond acceptors (Lipinski definition) is 3. The molecule has 1 heterocycles. The lowest BCUT2D eigenvalue weighted by atomic mass is 9.90. The van der Waals surface area contributed by atoms with Crippen molar-refractivity contribution in [2.45, 2.75) is 45.5 Å². The molecule has 0 aromatic heterocycles. The molecular weight excluding hydrogens is 383 g/mol. The highest BCUT2D eigenvalue weighted by atomic mass is 19.4. The molecule has 0 fully saturated rings. The van der Waals surface area contributed by atoms with Gasteiger partial charge in [-0.25, -0.2) is 4.79 Å². The fraction of sp³-hybridized carbons (Fsp3) is 0.364. The monoisotopic (exact) mass is 405 g/mol. The van der Waals surface area contributed by atoms with E-state index < -0.39 is 23.4 Å². The van der Waals surface area contributed by atoms with Gasteiger partial charge in [0.2, 0.25) is 0 Å². The standard InChI is InChI=1S/C22H22F3NO3/c1-21(2,3)29-20(28)26-12-11-17-15(13-26)5-4-6-18(17)19(27)14-7-9-16(10-8-14)22(23,24)25/h4-10H,11-13H2,1-3H3. The summed E-state index contributed by atoms with van der Waals surface area (Å²) in [5, 5.41) is 0. The average molecular weight is 405 g/mol. The van der Waals surface area contributed by atoms with E-state index in [0.717, 1.165) is 23.3 Å². The molecule has 2 aromatic rings. The Kier molecular flexibility index (Phi) is 5.43. The Morgan fingerprint density at radius 2 is 1.66 bits per heavy atom. The third-order valence-corrected chi connectivity index (χ3v) is 4.64. The number of halogens is 3. The molecule has 3 rings (SSSR count). The van der Waals surface area contributed by atoms with Gasteiger partial charge in [-0.1, -0.05) is 30.3 Å². The van der Waals surface area contributed by atoms with E-state index in [1.54, 1.807) is 37.8 Å². The molecule has 4 nitrogen and oxygen atoms in total. The summed E-state index contributed by atoms with van der Waals surface area (Å²) in [4.78, 5) is 26.8. The van der Waals surface area contributed by atoms with E-state index in [2.05, 4.69) is 0 Å². The molecule has 1 aliphatic heterocycles. The third kappa shape index (κ3) is 4.78. The molecular formula is C22H22F3NO3. The molecule has 0 N–H and O–H groups in total. The molecule has 2 aromatic carbocycles. The Labute approximate surface area is 167 Å². The quantitative estimate of drug-likeness (QED) is 0.643. The molecule has 0 aliphatic carbocycles. The van der Waals surface area contributed by atoms with Crippen LogP contribution in [0.2, 0.25) is 0 Å². The van der Waals surface area contributed by atoms with Gasteiger partial charge in [-0.3, -0.25) is 4.79 Å². The van der Waals surface area contributed by atoms with Gasteiger partial charge in [0.05, 0.1) is 5.56 Å². The van der Waals surface area contributed by atoms with Crippen LogP contribution in [-0.4, -0.2) is 28.9 Å². The first kappa shape index (κ1) is 20.9. The molecule has 1 aliphatic rings. The maximum Gasteiger partial charge on any atom is 0.416 e. The molecule has 1 amide bonds. The van der Waals surface area contributed by atoms with Crippen LogP contribution in [0.5, 0.6) is 0 Å². The van der Waals surface area contributed by atoms with E-state index in [1.165, 1.54) is 12.1 Å². The van der Waals surface area contributed by atoms with Crippen molar-refractivity contribution in [1.82, 2.24) is 4.90 Å². The maximum absolute atomic E-state index is 12.9. The summed E-state index contributed by atoms with van der Waals surface area (Å²) in [6.45, 7) is 6.11. The largest absolute Gasteiger partial charge is 0.444 e. The molecule has 154 valence electrons. The van der Waals surface area contributed by atoms with Crippen LogP contribution in [0.1, 0.15) is 53.4 Å². The van der Waals surface area contributed by atoms with E-state index in [-0.39, 0.29) is 11.3 Å². The van der Waals surface area contributed by atoms with Crippen molar-refractivity contribution in [2.24, 2.45) is 0 Å². The first-order valence-corrected chi connectivity index (χ1v) is 9.26. The van der Waals surface area contributed by atoms with Crippen molar-refractivity contribution in [3.8, 4) is 0 Å². The van der Waals surface area contributed by atoms with Crippen LogP contribution >= 0.6 is 0 Å². The van der Waals surface area contributed by atoms with E-state index in [9.17, 15) is 22.8 Å². The zero-order chi connectivity index (χ0) is 21.4. The second kappa shape index (κ2) is 7.54. The summed E-state index contributed by atoms with van der Waals surface area (Å²) in [7, 11) is 0. The maximum atomic E-state index is 12.9. The van der Waals surface area contributed by atoms with Crippen LogP contribution in [0.15, 0.2) is 42.5 Å². The lowest BCUT2D eigenvalue weighted by Gasteiger charge is -2.32. The fourth-order valence-corrected chi connectivity index (χ4v) is 3.27. The SMILES string of the molecule is CC(C)(C)OC(=O)N1CCc2c(cccc2C(=O)c2ccc(C(F)(F)F)cc2)C1. The van der Waals surface area contributed by atoms with Crippen LogP contribution in [0, 0.1) is 0 Å². The lowest BCUT2D eigenvalue weighted by molar-refractivity contribution is -0.137. The molecule has 0 radical (unpaired) electrons. The summed E-state index contributed by atoms with van der Waals surface area (Å²) in [6, 6.07) is 9.44. The number of hydrogen-bond donors (Lipinski definition) is 0. The van der Waals surface area contributed by atoms with Gasteiger partial charge in [-0.05, 0) is 50.5 Å². The van der Waals surface area contributed by atoms with Crippen molar-refractivity contribution in [2.75, 3.05) is 6.54 Å². The molecule has 0 spiro atoms. The van der Waals surface area contributed by atoms with E-state index in [4.69, 9.17) is 4.74 Å². The Bertz CT molecular complexity index is 928. The Morgan fingerprint density at radius 3 is 2.24 bits per heavy atom. The second-order valence-electron chi connectivity index (χ2n) is 8.00. The van der Waals surface area contributed by atoms with Gasteiger partial charge < -0.3 is 9.64 Å². The Hall–Kier alpha value is -2.83. The van der Waals surface area contributed by atoms with Gasteiger partial charge in [-0.2, -0.15) is 13.2 Å². The summed E-state index contributed by atoms with van der Waals surface area (Å²) >= 11 is 0. The normalized spacial score (nSPS) is 14.3. The van der Waals surface area contributed by atoms with Crippen molar-refractivity contribution < 1.29 is 27.5 Å². The number of ether oxygens (including phenoxy) is 1. The second-order valence-corrected chi connectivity index (χ2v) is 8.00. The highest BCUT2D eigenvalue weighted by Gasteiger charge is 2.31. The molecule has 7 heteroatoms. The number of fused-ring (bicyclic) bond motifs is 1. The average Bonchev–Trinajstić information content (AvgIpc) is 2.64. The van der Waals surface area contributed by atoms with Crippen LogP contribution in [0.3, 0.4) is 0 Å². The number of alkyl halides is 3. The minimum atomic E-state index is -4.45. The van der Waals surface area contributed by atoms with Crippen molar-refractivity contribution in [3.63, 3.8) is 0 Å². The minimum Gasteiger partial charge on any atom is -0.444 e. The highest BCUT2D eigenvalue weighted by Crippen LogP contribution is 2.30.